The van der Waals surface area contributed by atoms with Gasteiger partial charge in [0.25, 0.3) is 5.91 Å². The first-order valence-corrected chi connectivity index (χ1v) is 14.2. The van der Waals surface area contributed by atoms with Gasteiger partial charge in [-0.3, -0.25) is 9.59 Å². The SMILES string of the molecule is COc1cc(C)c(Sc2cnc(Nc3ccccn3)s2)cc1C(=O)N1CCN(C(=O)CN(C)C)C2(CC2)C1. The number of nitrogens with one attached hydrogen (secondary N) is 1. The maximum Gasteiger partial charge on any atom is 0.257 e. The summed E-state index contributed by atoms with van der Waals surface area (Å²) < 4.78 is 6.63. The first kappa shape index (κ1) is 26.5. The van der Waals surface area contributed by atoms with Crippen LogP contribution >= 0.6 is 23.1 Å². The Morgan fingerprint density at radius 1 is 1.21 bits per heavy atom. The Balaban J connectivity index is 1.32. The number of rotatable bonds is 8. The number of pyridine rings is 1. The van der Waals surface area contributed by atoms with Crippen LogP contribution in [0.15, 0.2) is 51.8 Å². The van der Waals surface area contributed by atoms with Gasteiger partial charge in [-0.1, -0.05) is 29.2 Å². The second kappa shape index (κ2) is 10.9. The number of thiazole rings is 1. The number of amides is 2. The molecule has 1 aromatic carbocycles. The lowest BCUT2D eigenvalue weighted by Crippen LogP contribution is -2.59. The third-order valence-corrected chi connectivity index (χ3v) is 9.01. The summed E-state index contributed by atoms with van der Waals surface area (Å²) in [6.07, 6.45) is 5.43. The van der Waals surface area contributed by atoms with Gasteiger partial charge in [-0.2, -0.15) is 0 Å². The number of piperazine rings is 1. The normalized spacial score (nSPS) is 16.1. The lowest BCUT2D eigenvalue weighted by Gasteiger charge is -2.42. The van der Waals surface area contributed by atoms with E-state index < -0.39 is 0 Å². The Morgan fingerprint density at radius 3 is 2.71 bits per heavy atom. The molecule has 2 aromatic heterocycles. The van der Waals surface area contributed by atoms with Gasteiger partial charge in [0.2, 0.25) is 5.91 Å². The molecular weight excluding hydrogens is 520 g/mol. The van der Waals surface area contributed by atoms with E-state index in [-0.39, 0.29) is 17.4 Å². The largest absolute Gasteiger partial charge is 0.496 e. The maximum atomic E-state index is 13.8. The Labute approximate surface area is 231 Å². The Morgan fingerprint density at radius 2 is 2.03 bits per heavy atom. The smallest absolute Gasteiger partial charge is 0.257 e. The Hall–Kier alpha value is -3.15. The summed E-state index contributed by atoms with van der Waals surface area (Å²) in [6.45, 7) is 4.03. The summed E-state index contributed by atoms with van der Waals surface area (Å²) in [6, 6.07) is 9.53. The molecule has 1 spiro atoms. The predicted molar refractivity (Wildman–Crippen MR) is 150 cm³/mol. The zero-order valence-corrected chi connectivity index (χ0v) is 23.7. The number of likely N-dealkylation sites (N-methyl/N-ethyl adjacent to an activating group) is 1. The van der Waals surface area contributed by atoms with Gasteiger partial charge in [-0.25, -0.2) is 9.97 Å². The van der Waals surface area contributed by atoms with Gasteiger partial charge < -0.3 is 24.8 Å². The van der Waals surface area contributed by atoms with Crippen molar-refractivity contribution in [3.63, 3.8) is 0 Å². The Kier molecular flexibility index (Phi) is 7.60. The summed E-state index contributed by atoms with van der Waals surface area (Å²) in [4.78, 5) is 42.1. The molecule has 9 nitrogen and oxygen atoms in total. The lowest BCUT2D eigenvalue weighted by molar-refractivity contribution is -0.137. The second-order valence-electron chi connectivity index (χ2n) is 9.98. The first-order valence-electron chi connectivity index (χ1n) is 12.5. The first-order chi connectivity index (χ1) is 18.3. The summed E-state index contributed by atoms with van der Waals surface area (Å²) in [5, 5.41) is 3.98. The van der Waals surface area contributed by atoms with Crippen LogP contribution < -0.4 is 10.1 Å². The van der Waals surface area contributed by atoms with Crippen molar-refractivity contribution in [2.45, 2.75) is 34.4 Å². The molecule has 0 bridgehead atoms. The molecule has 38 heavy (non-hydrogen) atoms. The monoisotopic (exact) mass is 552 g/mol. The number of ether oxygens (including phenoxy) is 1. The average Bonchev–Trinajstić information content (AvgIpc) is 3.51. The van der Waals surface area contributed by atoms with Crippen LogP contribution in [0.1, 0.15) is 28.8 Å². The van der Waals surface area contributed by atoms with Crippen LogP contribution in [0.4, 0.5) is 10.9 Å². The summed E-state index contributed by atoms with van der Waals surface area (Å²) in [7, 11) is 5.40. The molecule has 0 atom stereocenters. The number of anilines is 2. The highest BCUT2D eigenvalue weighted by molar-refractivity contribution is 8.01. The summed E-state index contributed by atoms with van der Waals surface area (Å²) in [5.41, 5.74) is 1.34. The van der Waals surface area contributed by atoms with Crippen molar-refractivity contribution in [1.82, 2.24) is 24.7 Å². The average molecular weight is 553 g/mol. The van der Waals surface area contributed by atoms with E-state index in [9.17, 15) is 9.59 Å². The van der Waals surface area contributed by atoms with E-state index in [4.69, 9.17) is 4.74 Å². The zero-order valence-electron chi connectivity index (χ0n) is 22.1. The van der Waals surface area contributed by atoms with Gasteiger partial charge in [0.15, 0.2) is 5.13 Å². The second-order valence-corrected chi connectivity index (χ2v) is 12.4. The number of hydrogen-bond acceptors (Lipinski definition) is 9. The number of nitrogens with zero attached hydrogens (tertiary/aromatic N) is 5. The number of aryl methyl sites for hydroxylation is 1. The minimum absolute atomic E-state index is 0.0588. The third-order valence-electron chi connectivity index (χ3n) is 6.84. The van der Waals surface area contributed by atoms with E-state index in [1.807, 2.05) is 72.2 Å². The molecule has 2 aliphatic rings. The van der Waals surface area contributed by atoms with E-state index in [2.05, 4.69) is 15.3 Å². The molecule has 3 heterocycles. The van der Waals surface area contributed by atoms with Gasteiger partial charge in [0, 0.05) is 30.7 Å². The molecule has 2 amide bonds. The minimum atomic E-state index is -0.226. The van der Waals surface area contributed by atoms with Crippen LogP contribution in [-0.4, -0.2) is 89.4 Å². The van der Waals surface area contributed by atoms with Crippen LogP contribution in [0.2, 0.25) is 0 Å². The van der Waals surface area contributed by atoms with Crippen molar-refractivity contribution in [2.75, 3.05) is 52.7 Å². The Bertz CT molecular complexity index is 1330. The quantitative estimate of drug-likeness (QED) is 0.446. The summed E-state index contributed by atoms with van der Waals surface area (Å²) in [5.74, 6) is 1.38. The van der Waals surface area contributed by atoms with E-state index in [1.165, 1.54) is 11.3 Å². The highest BCUT2D eigenvalue weighted by atomic mass is 32.2. The fourth-order valence-corrected chi connectivity index (χ4v) is 6.71. The number of hydrogen-bond donors (Lipinski definition) is 1. The van der Waals surface area contributed by atoms with Gasteiger partial charge in [0.05, 0.1) is 35.2 Å². The van der Waals surface area contributed by atoms with Crippen molar-refractivity contribution in [1.29, 1.82) is 0 Å². The number of aromatic nitrogens is 2. The van der Waals surface area contributed by atoms with Crippen molar-refractivity contribution in [3.8, 4) is 5.75 Å². The molecule has 1 saturated heterocycles. The molecule has 1 saturated carbocycles. The van der Waals surface area contributed by atoms with E-state index in [0.717, 1.165) is 38.5 Å². The third kappa shape index (κ3) is 5.64. The topological polar surface area (TPSA) is 90.9 Å². The van der Waals surface area contributed by atoms with E-state index >= 15 is 0 Å². The van der Waals surface area contributed by atoms with Gasteiger partial charge in [-0.15, -0.1) is 0 Å². The molecule has 3 aromatic rings. The molecule has 2 fully saturated rings. The fraction of sp³-hybridized carbons (Fsp3) is 0.407. The van der Waals surface area contributed by atoms with Crippen molar-refractivity contribution < 1.29 is 14.3 Å². The number of methoxy groups -OCH3 is 1. The lowest BCUT2D eigenvalue weighted by atomic mass is 10.1. The van der Waals surface area contributed by atoms with Crippen molar-refractivity contribution >= 4 is 45.9 Å². The molecule has 11 heteroatoms. The highest BCUT2D eigenvalue weighted by Crippen LogP contribution is 2.45. The molecule has 1 N–H and O–H groups in total. The maximum absolute atomic E-state index is 13.8. The van der Waals surface area contributed by atoms with Gasteiger partial charge in [0.1, 0.15) is 11.6 Å². The van der Waals surface area contributed by atoms with Gasteiger partial charge >= 0.3 is 0 Å². The molecule has 1 aliphatic heterocycles. The fourth-order valence-electron chi connectivity index (χ4n) is 4.77. The number of benzene rings is 1. The predicted octanol–water partition coefficient (Wildman–Crippen LogP) is 4.13. The standard InChI is InChI=1S/C27H32N6O3S2/c1-18-13-20(36-4)19(14-21(18)37-24-15-29-26(38-24)30-22-7-5-6-10-28-22)25(35)32-11-12-33(23(34)16-31(2)3)27(17-32)8-9-27/h5-7,10,13-15H,8-9,11-12,16-17H2,1-4H3,(H,28,29,30). The summed E-state index contributed by atoms with van der Waals surface area (Å²) >= 11 is 3.11. The van der Waals surface area contributed by atoms with Crippen LogP contribution in [0.5, 0.6) is 5.75 Å². The number of carbonyl (C=O) groups excluding carboxylic acids is 2. The van der Waals surface area contributed by atoms with Crippen LogP contribution in [0, 0.1) is 6.92 Å². The van der Waals surface area contributed by atoms with Crippen LogP contribution in [-0.2, 0) is 4.79 Å². The van der Waals surface area contributed by atoms with Crippen molar-refractivity contribution in [2.24, 2.45) is 0 Å². The van der Waals surface area contributed by atoms with E-state index in [1.54, 1.807) is 25.1 Å². The number of carbonyl (C=O) groups is 2. The molecule has 1 aliphatic carbocycles. The van der Waals surface area contributed by atoms with Crippen LogP contribution in [0.3, 0.4) is 0 Å². The van der Waals surface area contributed by atoms with Crippen molar-refractivity contribution in [3.05, 3.63) is 53.9 Å². The van der Waals surface area contributed by atoms with E-state index in [0.29, 0.717) is 37.5 Å². The molecule has 0 radical (unpaired) electrons. The minimum Gasteiger partial charge on any atom is -0.496 e. The molecule has 0 unspecified atom stereocenters. The molecular formula is C27H32N6O3S2. The van der Waals surface area contributed by atoms with Gasteiger partial charge in [-0.05, 0) is 63.7 Å². The van der Waals surface area contributed by atoms with Crippen LogP contribution in [0.25, 0.3) is 0 Å². The molecule has 5 rings (SSSR count). The molecule has 200 valence electrons. The highest BCUT2D eigenvalue weighted by Gasteiger charge is 2.53. The zero-order chi connectivity index (χ0) is 26.9.